The van der Waals surface area contributed by atoms with Gasteiger partial charge in [0.1, 0.15) is 11.4 Å². The molecule has 0 heterocycles. The fourth-order valence-corrected chi connectivity index (χ4v) is 2.96. The summed E-state index contributed by atoms with van der Waals surface area (Å²) in [6.45, 7) is 5.75. The molecule has 0 saturated heterocycles. The van der Waals surface area contributed by atoms with Gasteiger partial charge >= 0.3 is 0 Å². The topological polar surface area (TPSA) is 79.2 Å². The number of nitrogens with zero attached hydrogens (tertiary/aromatic N) is 1. The number of ether oxygens (including phenoxy) is 1. The summed E-state index contributed by atoms with van der Waals surface area (Å²) in [6, 6.07) is 14.5. The van der Waals surface area contributed by atoms with Crippen LogP contribution < -0.4 is 9.46 Å². The van der Waals surface area contributed by atoms with E-state index in [4.69, 9.17) is 10.00 Å². The quantitative estimate of drug-likeness (QED) is 0.930. The van der Waals surface area contributed by atoms with Crippen molar-refractivity contribution in [3.05, 3.63) is 54.1 Å². The summed E-state index contributed by atoms with van der Waals surface area (Å²) in [4.78, 5) is 0.126. The number of anilines is 1. The molecule has 2 aromatic rings. The summed E-state index contributed by atoms with van der Waals surface area (Å²) >= 11 is 0. The molecular weight excluding hydrogens is 312 g/mol. The fraction of sp³-hybridized carbons (Fsp3) is 0.235. The maximum absolute atomic E-state index is 12.4. The number of benzene rings is 2. The Morgan fingerprint density at radius 2 is 1.74 bits per heavy atom. The van der Waals surface area contributed by atoms with Gasteiger partial charge < -0.3 is 4.74 Å². The standard InChI is InChI=1S/C17H18N2O3S/c1-17(2,3)22-15-7-9-16(10-8-15)23(20,21)19-14-6-4-5-13(11-14)12-18/h4-11,19H,1-3H3. The first kappa shape index (κ1) is 16.8. The molecule has 0 radical (unpaired) electrons. The van der Waals surface area contributed by atoms with Gasteiger partial charge in [-0.05, 0) is 63.2 Å². The van der Waals surface area contributed by atoms with Crippen LogP contribution in [0, 0.1) is 11.3 Å². The summed E-state index contributed by atoms with van der Waals surface area (Å²) < 4.78 is 32.8. The summed E-state index contributed by atoms with van der Waals surface area (Å²) in [5.41, 5.74) is 0.384. The molecule has 0 saturated carbocycles. The van der Waals surface area contributed by atoms with E-state index in [0.29, 0.717) is 17.0 Å². The molecule has 0 atom stereocenters. The highest BCUT2D eigenvalue weighted by Crippen LogP contribution is 2.22. The third kappa shape index (κ3) is 4.73. The zero-order chi connectivity index (χ0) is 17.1. The molecule has 23 heavy (non-hydrogen) atoms. The number of nitrogens with one attached hydrogen (secondary N) is 1. The number of rotatable bonds is 4. The monoisotopic (exact) mass is 330 g/mol. The third-order valence-corrected chi connectivity index (χ3v) is 4.20. The fourth-order valence-electron chi connectivity index (χ4n) is 1.91. The van der Waals surface area contributed by atoms with Gasteiger partial charge in [0.05, 0.1) is 22.2 Å². The van der Waals surface area contributed by atoms with Crippen molar-refractivity contribution in [1.82, 2.24) is 0 Å². The Morgan fingerprint density at radius 1 is 1.09 bits per heavy atom. The van der Waals surface area contributed by atoms with Gasteiger partial charge in [-0.3, -0.25) is 4.72 Å². The van der Waals surface area contributed by atoms with Crippen LogP contribution in [-0.2, 0) is 10.0 Å². The maximum atomic E-state index is 12.4. The number of hydrogen-bond acceptors (Lipinski definition) is 4. The normalized spacial score (nSPS) is 11.6. The molecule has 2 rings (SSSR count). The summed E-state index contributed by atoms with van der Waals surface area (Å²) in [6.07, 6.45) is 0. The Hall–Kier alpha value is -2.52. The summed E-state index contributed by atoms with van der Waals surface area (Å²) in [5, 5.41) is 8.86. The van der Waals surface area contributed by atoms with Crippen molar-refractivity contribution in [2.24, 2.45) is 0 Å². The van der Waals surface area contributed by atoms with Crippen molar-refractivity contribution in [3.63, 3.8) is 0 Å². The van der Waals surface area contributed by atoms with Crippen molar-refractivity contribution in [2.45, 2.75) is 31.3 Å². The van der Waals surface area contributed by atoms with Crippen molar-refractivity contribution >= 4 is 15.7 Å². The molecule has 0 aromatic heterocycles. The van der Waals surface area contributed by atoms with Gasteiger partial charge in [-0.25, -0.2) is 8.42 Å². The van der Waals surface area contributed by atoms with E-state index in [1.165, 1.54) is 18.2 Å². The molecule has 0 bridgehead atoms. The smallest absolute Gasteiger partial charge is 0.261 e. The van der Waals surface area contributed by atoms with E-state index in [1.807, 2.05) is 26.8 Å². The first-order valence-electron chi connectivity index (χ1n) is 7.02. The first-order valence-corrected chi connectivity index (χ1v) is 8.50. The molecular formula is C17H18N2O3S. The molecule has 120 valence electrons. The molecule has 6 heteroatoms. The van der Waals surface area contributed by atoms with Crippen LogP contribution in [0.2, 0.25) is 0 Å². The van der Waals surface area contributed by atoms with Gasteiger partial charge in [0.25, 0.3) is 10.0 Å². The van der Waals surface area contributed by atoms with Crippen LogP contribution in [0.3, 0.4) is 0 Å². The highest BCUT2D eigenvalue weighted by Gasteiger charge is 2.16. The van der Waals surface area contributed by atoms with Crippen LogP contribution in [-0.4, -0.2) is 14.0 Å². The molecule has 1 N–H and O–H groups in total. The van der Waals surface area contributed by atoms with Crippen LogP contribution in [0.4, 0.5) is 5.69 Å². The van der Waals surface area contributed by atoms with Crippen LogP contribution in [0.1, 0.15) is 26.3 Å². The minimum atomic E-state index is -3.71. The number of sulfonamides is 1. The van der Waals surface area contributed by atoms with Crippen LogP contribution in [0.5, 0.6) is 5.75 Å². The average Bonchev–Trinajstić information content (AvgIpc) is 2.46. The van der Waals surface area contributed by atoms with Crippen LogP contribution in [0.15, 0.2) is 53.4 Å². The van der Waals surface area contributed by atoms with E-state index in [0.717, 1.165) is 0 Å². The van der Waals surface area contributed by atoms with Gasteiger partial charge in [-0.1, -0.05) is 6.07 Å². The SMILES string of the molecule is CC(C)(C)Oc1ccc(S(=O)(=O)Nc2cccc(C#N)c2)cc1. The second-order valence-corrected chi connectivity index (χ2v) is 7.67. The van der Waals surface area contributed by atoms with E-state index in [1.54, 1.807) is 30.3 Å². The van der Waals surface area contributed by atoms with Gasteiger partial charge in [0.2, 0.25) is 0 Å². The second-order valence-electron chi connectivity index (χ2n) is 5.98. The third-order valence-electron chi connectivity index (χ3n) is 2.80. The lowest BCUT2D eigenvalue weighted by atomic mass is 10.2. The van der Waals surface area contributed by atoms with E-state index in [-0.39, 0.29) is 10.5 Å². The van der Waals surface area contributed by atoms with Gasteiger partial charge in [-0.15, -0.1) is 0 Å². The molecule has 5 nitrogen and oxygen atoms in total. The second kappa shape index (κ2) is 6.31. The predicted molar refractivity (Wildman–Crippen MR) is 88.8 cm³/mol. The Morgan fingerprint density at radius 3 is 2.30 bits per heavy atom. The molecule has 0 unspecified atom stereocenters. The van der Waals surface area contributed by atoms with E-state index in [9.17, 15) is 8.42 Å². The van der Waals surface area contributed by atoms with Crippen molar-refractivity contribution in [1.29, 1.82) is 5.26 Å². The Kier molecular flexibility index (Phi) is 4.62. The molecule has 0 fully saturated rings. The minimum absolute atomic E-state index is 0.126. The molecule has 0 aliphatic rings. The van der Waals surface area contributed by atoms with Crippen molar-refractivity contribution in [3.8, 4) is 11.8 Å². The lowest BCUT2D eigenvalue weighted by Gasteiger charge is -2.21. The lowest BCUT2D eigenvalue weighted by Crippen LogP contribution is -2.23. The van der Waals surface area contributed by atoms with E-state index < -0.39 is 10.0 Å². The predicted octanol–water partition coefficient (Wildman–Crippen LogP) is 3.54. The highest BCUT2D eigenvalue weighted by molar-refractivity contribution is 7.92. The zero-order valence-electron chi connectivity index (χ0n) is 13.2. The first-order chi connectivity index (χ1) is 10.7. The Balaban J connectivity index is 2.21. The van der Waals surface area contributed by atoms with E-state index in [2.05, 4.69) is 4.72 Å². The van der Waals surface area contributed by atoms with Crippen molar-refractivity contribution < 1.29 is 13.2 Å². The highest BCUT2D eigenvalue weighted by atomic mass is 32.2. The lowest BCUT2D eigenvalue weighted by molar-refractivity contribution is 0.131. The molecule has 2 aromatic carbocycles. The molecule has 0 aliphatic carbocycles. The molecule has 0 amide bonds. The number of hydrogen-bond donors (Lipinski definition) is 1. The van der Waals surface area contributed by atoms with Gasteiger partial charge in [-0.2, -0.15) is 5.26 Å². The summed E-state index contributed by atoms with van der Waals surface area (Å²) in [5.74, 6) is 0.600. The number of nitriles is 1. The zero-order valence-corrected chi connectivity index (χ0v) is 14.0. The minimum Gasteiger partial charge on any atom is -0.488 e. The largest absolute Gasteiger partial charge is 0.488 e. The summed E-state index contributed by atoms with van der Waals surface area (Å²) in [7, 11) is -3.71. The van der Waals surface area contributed by atoms with Gasteiger partial charge in [0.15, 0.2) is 0 Å². The maximum Gasteiger partial charge on any atom is 0.261 e. The Labute approximate surface area is 136 Å². The van der Waals surface area contributed by atoms with Crippen LogP contribution in [0.25, 0.3) is 0 Å². The van der Waals surface area contributed by atoms with Crippen LogP contribution >= 0.6 is 0 Å². The average molecular weight is 330 g/mol. The van der Waals surface area contributed by atoms with E-state index >= 15 is 0 Å². The van der Waals surface area contributed by atoms with Crippen molar-refractivity contribution in [2.75, 3.05) is 4.72 Å². The Bertz CT molecular complexity index is 829. The molecule has 0 aliphatic heterocycles. The van der Waals surface area contributed by atoms with Gasteiger partial charge in [0, 0.05) is 0 Å². The molecule has 0 spiro atoms.